The van der Waals surface area contributed by atoms with Crippen LogP contribution in [0.15, 0.2) is 30.6 Å². The second-order valence-corrected chi connectivity index (χ2v) is 4.65. The Bertz CT molecular complexity index is 633. The molecule has 0 fully saturated rings. The summed E-state index contributed by atoms with van der Waals surface area (Å²) in [5, 5.41) is 5.20. The van der Waals surface area contributed by atoms with Gasteiger partial charge in [0.1, 0.15) is 6.33 Å². The molecule has 5 nitrogen and oxygen atoms in total. The summed E-state index contributed by atoms with van der Waals surface area (Å²) in [7, 11) is 0. The zero-order valence-corrected chi connectivity index (χ0v) is 12.1. The normalized spacial score (nSPS) is 10.9. The number of halogens is 2. The van der Waals surface area contributed by atoms with Gasteiger partial charge in [0.05, 0.1) is 6.61 Å². The Kier molecular flexibility index (Phi) is 4.76. The smallest absolute Gasteiger partial charge is 0.332 e. The molecule has 1 aromatic heterocycles. The summed E-state index contributed by atoms with van der Waals surface area (Å²) in [5.41, 5.74) is 0.700. The fraction of sp³-hybridized carbons (Fsp3) is 0.154. The molecule has 0 saturated carbocycles. The fourth-order valence-electron chi connectivity index (χ4n) is 1.49. The quantitative estimate of drug-likeness (QED) is 0.642. The molecule has 20 heavy (non-hydrogen) atoms. The fourth-order valence-corrected chi connectivity index (χ4v) is 2.02. The van der Waals surface area contributed by atoms with Crippen LogP contribution >= 0.6 is 23.2 Å². The van der Waals surface area contributed by atoms with Gasteiger partial charge < -0.3 is 4.74 Å². The minimum Gasteiger partial charge on any atom is -0.463 e. The van der Waals surface area contributed by atoms with Crippen LogP contribution in [0.1, 0.15) is 6.92 Å². The first-order chi connectivity index (χ1) is 9.58. The number of nitrogens with zero attached hydrogens (tertiary/aromatic N) is 3. The summed E-state index contributed by atoms with van der Waals surface area (Å²) in [6, 6.07) is 5.05. The maximum absolute atomic E-state index is 11.2. The van der Waals surface area contributed by atoms with E-state index >= 15 is 0 Å². The van der Waals surface area contributed by atoms with Gasteiger partial charge in [-0.2, -0.15) is 0 Å². The maximum atomic E-state index is 11.2. The first kappa shape index (κ1) is 14.6. The molecular weight excluding hydrogens is 301 g/mol. The van der Waals surface area contributed by atoms with Gasteiger partial charge in [-0.1, -0.05) is 23.2 Å². The molecule has 0 atom stereocenters. The second-order valence-electron chi connectivity index (χ2n) is 3.77. The van der Waals surface area contributed by atoms with E-state index in [0.717, 1.165) is 0 Å². The van der Waals surface area contributed by atoms with Crippen molar-refractivity contribution in [3.05, 3.63) is 40.6 Å². The van der Waals surface area contributed by atoms with Gasteiger partial charge in [-0.25, -0.2) is 14.5 Å². The number of hydrogen-bond donors (Lipinski definition) is 0. The van der Waals surface area contributed by atoms with Crippen LogP contribution in [0.5, 0.6) is 0 Å². The topological polar surface area (TPSA) is 57.0 Å². The van der Waals surface area contributed by atoms with E-state index in [1.165, 1.54) is 23.3 Å². The maximum Gasteiger partial charge on any atom is 0.332 e. The van der Waals surface area contributed by atoms with Crippen molar-refractivity contribution in [1.29, 1.82) is 0 Å². The van der Waals surface area contributed by atoms with E-state index in [-0.39, 0.29) is 0 Å². The molecule has 0 aliphatic rings. The number of benzene rings is 1. The number of rotatable bonds is 4. The molecule has 0 aliphatic heterocycles. The van der Waals surface area contributed by atoms with Crippen molar-refractivity contribution in [2.45, 2.75) is 6.92 Å². The van der Waals surface area contributed by atoms with Crippen LogP contribution in [0.2, 0.25) is 10.0 Å². The number of ether oxygens (including phenoxy) is 1. The molecule has 104 valence electrons. The minimum atomic E-state index is -0.435. The van der Waals surface area contributed by atoms with E-state index in [1.807, 2.05) is 0 Å². The highest BCUT2D eigenvalue weighted by atomic mass is 35.5. The summed E-state index contributed by atoms with van der Waals surface area (Å²) >= 11 is 11.8. The average molecular weight is 312 g/mol. The molecule has 2 rings (SSSR count). The predicted octanol–water partition coefficient (Wildman–Crippen LogP) is 3.29. The zero-order chi connectivity index (χ0) is 14.5. The second kappa shape index (κ2) is 6.54. The van der Waals surface area contributed by atoms with E-state index in [2.05, 4.69) is 10.1 Å². The van der Waals surface area contributed by atoms with Gasteiger partial charge >= 0.3 is 5.97 Å². The van der Waals surface area contributed by atoms with Gasteiger partial charge in [0.25, 0.3) is 0 Å². The monoisotopic (exact) mass is 311 g/mol. The highest BCUT2D eigenvalue weighted by Crippen LogP contribution is 2.24. The van der Waals surface area contributed by atoms with Gasteiger partial charge in [0.15, 0.2) is 5.82 Å². The van der Waals surface area contributed by atoms with Crippen molar-refractivity contribution >= 4 is 35.4 Å². The average Bonchev–Trinajstić information content (AvgIpc) is 2.84. The summed E-state index contributed by atoms with van der Waals surface area (Å²) in [6.45, 7) is 2.06. The largest absolute Gasteiger partial charge is 0.463 e. The van der Waals surface area contributed by atoms with Crippen LogP contribution < -0.4 is 0 Å². The van der Waals surface area contributed by atoms with Crippen molar-refractivity contribution in [2.75, 3.05) is 6.61 Å². The van der Waals surface area contributed by atoms with Gasteiger partial charge in [-0.05, 0) is 25.1 Å². The summed E-state index contributed by atoms with van der Waals surface area (Å²) in [5.74, 6) is 0.0262. The third-order valence-corrected chi connectivity index (χ3v) is 2.72. The first-order valence-electron chi connectivity index (χ1n) is 5.81. The van der Waals surface area contributed by atoms with Crippen LogP contribution in [-0.2, 0) is 9.53 Å². The number of carbonyl (C=O) groups is 1. The Morgan fingerprint density at radius 1 is 1.35 bits per heavy atom. The van der Waals surface area contributed by atoms with Gasteiger partial charge in [-0.15, -0.1) is 5.10 Å². The molecule has 0 aliphatic carbocycles. The van der Waals surface area contributed by atoms with E-state index in [0.29, 0.717) is 28.0 Å². The minimum absolute atomic E-state index is 0.326. The van der Waals surface area contributed by atoms with Crippen molar-refractivity contribution < 1.29 is 9.53 Å². The number of esters is 1. The molecule has 0 N–H and O–H groups in total. The lowest BCUT2D eigenvalue weighted by Crippen LogP contribution is -2.00. The van der Waals surface area contributed by atoms with Gasteiger partial charge in [0, 0.05) is 27.9 Å². The standard InChI is InChI=1S/C13H11Cl2N3O2/c1-2-20-12(19)3-4-18-8-16-13(17-18)9-5-10(14)7-11(15)6-9/h3-8H,2H2,1H3/b4-3-. The van der Waals surface area contributed by atoms with Gasteiger partial charge in [0.2, 0.25) is 0 Å². The molecule has 0 unspecified atom stereocenters. The Morgan fingerprint density at radius 2 is 2.05 bits per heavy atom. The Morgan fingerprint density at radius 3 is 2.70 bits per heavy atom. The molecular formula is C13H11Cl2N3O2. The lowest BCUT2D eigenvalue weighted by Gasteiger charge is -1.98. The number of aromatic nitrogens is 3. The first-order valence-corrected chi connectivity index (χ1v) is 6.56. The van der Waals surface area contributed by atoms with E-state index < -0.39 is 5.97 Å². The Labute approximate surface area is 125 Å². The highest BCUT2D eigenvalue weighted by Gasteiger charge is 2.06. The van der Waals surface area contributed by atoms with Gasteiger partial charge in [-0.3, -0.25) is 0 Å². The molecule has 2 aromatic rings. The van der Waals surface area contributed by atoms with Crippen LogP contribution in [0, 0.1) is 0 Å². The third kappa shape index (κ3) is 3.82. The SMILES string of the molecule is CCOC(=O)/C=C\n1cnc(-c2cc(Cl)cc(Cl)c2)n1. The van der Waals surface area contributed by atoms with Crippen LogP contribution in [0.4, 0.5) is 0 Å². The molecule has 1 aromatic carbocycles. The number of carbonyl (C=O) groups excluding carboxylic acids is 1. The molecule has 0 radical (unpaired) electrons. The summed E-state index contributed by atoms with van der Waals surface area (Å²) in [6.07, 6.45) is 4.20. The lowest BCUT2D eigenvalue weighted by molar-refractivity contribution is -0.137. The van der Waals surface area contributed by atoms with Crippen molar-refractivity contribution in [1.82, 2.24) is 14.8 Å². The van der Waals surface area contributed by atoms with Crippen molar-refractivity contribution in [3.63, 3.8) is 0 Å². The predicted molar refractivity (Wildman–Crippen MR) is 77.4 cm³/mol. The lowest BCUT2D eigenvalue weighted by atomic mass is 10.2. The Hall–Kier alpha value is -1.85. The molecule has 0 saturated heterocycles. The van der Waals surface area contributed by atoms with E-state index in [1.54, 1.807) is 25.1 Å². The summed E-state index contributed by atoms with van der Waals surface area (Å²) in [4.78, 5) is 15.3. The van der Waals surface area contributed by atoms with E-state index in [4.69, 9.17) is 27.9 Å². The van der Waals surface area contributed by atoms with Crippen LogP contribution in [0.3, 0.4) is 0 Å². The zero-order valence-electron chi connectivity index (χ0n) is 10.6. The molecule has 0 spiro atoms. The third-order valence-electron chi connectivity index (χ3n) is 2.28. The Balaban J connectivity index is 2.18. The molecule has 7 heteroatoms. The van der Waals surface area contributed by atoms with E-state index in [9.17, 15) is 4.79 Å². The molecule has 0 amide bonds. The van der Waals surface area contributed by atoms with Crippen LogP contribution in [0.25, 0.3) is 17.6 Å². The molecule has 1 heterocycles. The van der Waals surface area contributed by atoms with Crippen LogP contribution in [-0.4, -0.2) is 27.3 Å². The molecule has 0 bridgehead atoms. The van der Waals surface area contributed by atoms with Crippen molar-refractivity contribution in [2.24, 2.45) is 0 Å². The van der Waals surface area contributed by atoms with Crippen molar-refractivity contribution in [3.8, 4) is 11.4 Å². The highest BCUT2D eigenvalue weighted by molar-refractivity contribution is 6.35. The number of hydrogen-bond acceptors (Lipinski definition) is 4. The summed E-state index contributed by atoms with van der Waals surface area (Å²) < 4.78 is 6.17.